The molecule has 0 atom stereocenters. The Morgan fingerprint density at radius 3 is 2.83 bits per heavy atom. The van der Waals surface area contributed by atoms with Crippen LogP contribution in [0.2, 0.25) is 5.02 Å². The lowest BCUT2D eigenvalue weighted by molar-refractivity contribution is 1.38. The molecule has 0 radical (unpaired) electrons. The summed E-state index contributed by atoms with van der Waals surface area (Å²) in [6, 6.07) is 14.0. The molecule has 0 aliphatic heterocycles. The van der Waals surface area contributed by atoms with Crippen LogP contribution in [0.1, 0.15) is 0 Å². The standard InChI is InChI=1S/C14H11ClN2S/c15-11-4-1-3-10(7-11)13-8-12(9-18-13)17-14-5-2-6-16-14/h1-9,16-17H. The molecule has 0 aliphatic carbocycles. The normalized spacial score (nSPS) is 10.5. The van der Waals surface area contributed by atoms with E-state index in [-0.39, 0.29) is 0 Å². The van der Waals surface area contributed by atoms with Gasteiger partial charge in [0.2, 0.25) is 0 Å². The Kier molecular flexibility index (Phi) is 3.09. The first-order valence-electron chi connectivity index (χ1n) is 5.56. The van der Waals surface area contributed by atoms with Crippen molar-refractivity contribution >= 4 is 34.4 Å². The first-order valence-corrected chi connectivity index (χ1v) is 6.82. The van der Waals surface area contributed by atoms with Gasteiger partial charge in [-0.05, 0) is 35.9 Å². The molecule has 3 aromatic rings. The number of thiophene rings is 1. The van der Waals surface area contributed by atoms with Crippen molar-refractivity contribution in [3.05, 3.63) is 59.1 Å². The van der Waals surface area contributed by atoms with Gasteiger partial charge < -0.3 is 10.3 Å². The maximum absolute atomic E-state index is 6.00. The molecule has 2 aromatic heterocycles. The van der Waals surface area contributed by atoms with Crippen LogP contribution in [0.5, 0.6) is 0 Å². The first-order chi connectivity index (χ1) is 8.81. The molecule has 0 spiro atoms. The lowest BCUT2D eigenvalue weighted by Crippen LogP contribution is -1.86. The fraction of sp³-hybridized carbons (Fsp3) is 0. The van der Waals surface area contributed by atoms with E-state index >= 15 is 0 Å². The second-order valence-electron chi connectivity index (χ2n) is 3.92. The fourth-order valence-electron chi connectivity index (χ4n) is 1.76. The number of aromatic amines is 1. The van der Waals surface area contributed by atoms with Crippen molar-refractivity contribution in [2.45, 2.75) is 0 Å². The van der Waals surface area contributed by atoms with Gasteiger partial charge in [-0.1, -0.05) is 23.7 Å². The number of nitrogens with one attached hydrogen (secondary N) is 2. The maximum Gasteiger partial charge on any atom is 0.107 e. The molecule has 0 bridgehead atoms. The fourth-order valence-corrected chi connectivity index (χ4v) is 2.79. The number of rotatable bonds is 3. The lowest BCUT2D eigenvalue weighted by atomic mass is 10.2. The average molecular weight is 275 g/mol. The molecule has 4 heteroatoms. The van der Waals surface area contributed by atoms with E-state index in [0.29, 0.717) is 0 Å². The van der Waals surface area contributed by atoms with Gasteiger partial charge in [0, 0.05) is 21.5 Å². The molecule has 90 valence electrons. The number of halogens is 1. The van der Waals surface area contributed by atoms with E-state index in [2.05, 4.69) is 27.8 Å². The molecule has 0 fully saturated rings. The predicted molar refractivity (Wildman–Crippen MR) is 78.8 cm³/mol. The minimum atomic E-state index is 0.764. The first kappa shape index (κ1) is 11.4. The van der Waals surface area contributed by atoms with Crippen LogP contribution in [0.3, 0.4) is 0 Å². The van der Waals surface area contributed by atoms with Crippen LogP contribution in [0.25, 0.3) is 10.4 Å². The predicted octanol–water partition coefficient (Wildman–Crippen LogP) is 5.14. The minimum Gasteiger partial charge on any atom is -0.348 e. The van der Waals surface area contributed by atoms with Gasteiger partial charge in [-0.2, -0.15) is 0 Å². The highest BCUT2D eigenvalue weighted by atomic mass is 35.5. The zero-order valence-electron chi connectivity index (χ0n) is 9.48. The van der Waals surface area contributed by atoms with Crippen molar-refractivity contribution in [2.24, 2.45) is 0 Å². The molecule has 0 saturated heterocycles. The number of aromatic nitrogens is 1. The maximum atomic E-state index is 6.00. The molecular weight excluding hydrogens is 264 g/mol. The highest BCUT2D eigenvalue weighted by Gasteiger charge is 2.03. The summed E-state index contributed by atoms with van der Waals surface area (Å²) in [5.41, 5.74) is 2.23. The van der Waals surface area contributed by atoms with Gasteiger partial charge in [-0.25, -0.2) is 0 Å². The Morgan fingerprint density at radius 1 is 1.11 bits per heavy atom. The third-order valence-corrected chi connectivity index (χ3v) is 3.80. The van der Waals surface area contributed by atoms with Crippen LogP contribution >= 0.6 is 22.9 Å². The number of benzene rings is 1. The highest BCUT2D eigenvalue weighted by Crippen LogP contribution is 2.32. The van der Waals surface area contributed by atoms with E-state index in [0.717, 1.165) is 22.1 Å². The van der Waals surface area contributed by atoms with E-state index in [4.69, 9.17) is 11.6 Å². The molecule has 2 heterocycles. The molecule has 0 amide bonds. The molecule has 2 nitrogen and oxygen atoms in total. The second kappa shape index (κ2) is 4.88. The van der Waals surface area contributed by atoms with Gasteiger partial charge in [0.1, 0.15) is 5.82 Å². The Morgan fingerprint density at radius 2 is 2.06 bits per heavy atom. The molecule has 3 rings (SSSR count). The third-order valence-electron chi connectivity index (χ3n) is 2.59. The molecule has 1 aromatic carbocycles. The largest absolute Gasteiger partial charge is 0.348 e. The smallest absolute Gasteiger partial charge is 0.107 e. The van der Waals surface area contributed by atoms with Crippen LogP contribution < -0.4 is 5.32 Å². The summed E-state index contributed by atoms with van der Waals surface area (Å²) in [5, 5.41) is 6.17. The Balaban J connectivity index is 1.85. The topological polar surface area (TPSA) is 27.8 Å². The number of anilines is 2. The van der Waals surface area contributed by atoms with Gasteiger partial charge in [-0.15, -0.1) is 11.3 Å². The van der Waals surface area contributed by atoms with Crippen LogP contribution in [-0.4, -0.2) is 4.98 Å². The lowest BCUT2D eigenvalue weighted by Gasteiger charge is -1.99. The second-order valence-corrected chi connectivity index (χ2v) is 5.27. The number of hydrogen-bond donors (Lipinski definition) is 2. The number of hydrogen-bond acceptors (Lipinski definition) is 2. The van der Waals surface area contributed by atoms with E-state index in [1.165, 1.54) is 4.88 Å². The van der Waals surface area contributed by atoms with E-state index < -0.39 is 0 Å². The quantitative estimate of drug-likeness (QED) is 0.680. The van der Waals surface area contributed by atoms with Gasteiger partial charge in [0.15, 0.2) is 0 Å². The summed E-state index contributed by atoms with van der Waals surface area (Å²) in [6.07, 6.45) is 1.90. The van der Waals surface area contributed by atoms with E-state index in [1.807, 2.05) is 36.5 Å². The van der Waals surface area contributed by atoms with Crippen molar-refractivity contribution in [1.82, 2.24) is 4.98 Å². The van der Waals surface area contributed by atoms with Crippen LogP contribution in [-0.2, 0) is 0 Å². The Labute approximate surface area is 114 Å². The Bertz CT molecular complexity index is 643. The molecule has 0 saturated carbocycles. The summed E-state index contributed by atoms with van der Waals surface area (Å²) in [6.45, 7) is 0. The summed E-state index contributed by atoms with van der Waals surface area (Å²) >= 11 is 7.70. The van der Waals surface area contributed by atoms with E-state index in [1.54, 1.807) is 11.3 Å². The van der Waals surface area contributed by atoms with Gasteiger partial charge in [0.05, 0.1) is 5.69 Å². The van der Waals surface area contributed by atoms with Gasteiger partial charge in [0.25, 0.3) is 0 Å². The van der Waals surface area contributed by atoms with E-state index in [9.17, 15) is 0 Å². The van der Waals surface area contributed by atoms with Crippen molar-refractivity contribution in [3.63, 3.8) is 0 Å². The van der Waals surface area contributed by atoms with Crippen LogP contribution in [0.4, 0.5) is 11.5 Å². The summed E-state index contributed by atoms with van der Waals surface area (Å²) in [7, 11) is 0. The zero-order chi connectivity index (χ0) is 12.4. The van der Waals surface area contributed by atoms with Crippen molar-refractivity contribution < 1.29 is 0 Å². The van der Waals surface area contributed by atoms with Gasteiger partial charge >= 0.3 is 0 Å². The number of H-pyrrole nitrogens is 1. The molecule has 0 unspecified atom stereocenters. The Hall–Kier alpha value is -1.71. The minimum absolute atomic E-state index is 0.764. The molecule has 18 heavy (non-hydrogen) atoms. The average Bonchev–Trinajstić information content (AvgIpc) is 3.01. The highest BCUT2D eigenvalue weighted by molar-refractivity contribution is 7.14. The molecular formula is C14H11ClN2S. The SMILES string of the molecule is Clc1cccc(-c2cc(Nc3ccc[nH]3)cs2)c1. The van der Waals surface area contributed by atoms with Crippen molar-refractivity contribution in [3.8, 4) is 10.4 Å². The summed E-state index contributed by atoms with van der Waals surface area (Å²) < 4.78 is 0. The third kappa shape index (κ3) is 2.42. The monoisotopic (exact) mass is 274 g/mol. The molecule has 0 aliphatic rings. The van der Waals surface area contributed by atoms with Crippen LogP contribution in [0, 0.1) is 0 Å². The van der Waals surface area contributed by atoms with Crippen molar-refractivity contribution in [2.75, 3.05) is 5.32 Å². The van der Waals surface area contributed by atoms with Gasteiger partial charge in [-0.3, -0.25) is 0 Å². The zero-order valence-corrected chi connectivity index (χ0v) is 11.1. The van der Waals surface area contributed by atoms with Crippen LogP contribution in [0.15, 0.2) is 54.0 Å². The molecule has 2 N–H and O–H groups in total. The summed E-state index contributed by atoms with van der Waals surface area (Å²) in [5.74, 6) is 0.991. The van der Waals surface area contributed by atoms with Crippen molar-refractivity contribution in [1.29, 1.82) is 0 Å². The summed E-state index contributed by atoms with van der Waals surface area (Å²) in [4.78, 5) is 4.32.